The van der Waals surface area contributed by atoms with Gasteiger partial charge in [-0.25, -0.2) is 0 Å². The predicted octanol–water partition coefficient (Wildman–Crippen LogP) is -0.653. The van der Waals surface area contributed by atoms with Crippen LogP contribution in [0, 0.1) is 0 Å². The molecule has 0 amide bonds. The Morgan fingerprint density at radius 2 is 1.78 bits per heavy atom. The van der Waals surface area contributed by atoms with E-state index in [-0.39, 0.29) is 0 Å². The van der Waals surface area contributed by atoms with Gasteiger partial charge in [-0.2, -0.15) is 0 Å². The highest BCUT2D eigenvalue weighted by Crippen LogP contribution is 2.19. The summed E-state index contributed by atoms with van der Waals surface area (Å²) in [5, 5.41) is 0. The van der Waals surface area contributed by atoms with E-state index in [1.807, 2.05) is 4.90 Å². The van der Waals surface area contributed by atoms with Crippen molar-refractivity contribution >= 4 is 0 Å². The molecule has 1 aromatic rings. The highest BCUT2D eigenvalue weighted by Gasteiger charge is 2.31. The lowest BCUT2D eigenvalue weighted by Gasteiger charge is -2.36. The molecule has 2 N–H and O–H groups in total. The van der Waals surface area contributed by atoms with Gasteiger partial charge in [0, 0.05) is 12.8 Å². The summed E-state index contributed by atoms with van der Waals surface area (Å²) in [6.07, 6.45) is 4.01. The summed E-state index contributed by atoms with van der Waals surface area (Å²) in [6.45, 7) is 9.15. The first kappa shape index (κ1) is 12.2. The molecule has 1 aromatic carbocycles. The largest absolute Gasteiger partial charge is 0.326 e. The Bertz CT molecular complexity index is 394. The maximum Gasteiger partial charge on any atom is 0.127 e. The monoisotopic (exact) mass is 246 g/mol. The summed E-state index contributed by atoms with van der Waals surface area (Å²) in [5.74, 6) is 0. The van der Waals surface area contributed by atoms with Crippen molar-refractivity contribution < 1.29 is 9.80 Å². The van der Waals surface area contributed by atoms with Gasteiger partial charge in [-0.1, -0.05) is 24.3 Å². The van der Waals surface area contributed by atoms with E-state index in [4.69, 9.17) is 0 Å². The van der Waals surface area contributed by atoms with Gasteiger partial charge < -0.3 is 9.80 Å². The van der Waals surface area contributed by atoms with E-state index in [0.29, 0.717) is 0 Å². The summed E-state index contributed by atoms with van der Waals surface area (Å²) in [5.41, 5.74) is 3.22. The van der Waals surface area contributed by atoms with E-state index in [1.54, 1.807) is 16.0 Å². The Morgan fingerprint density at radius 1 is 1.06 bits per heavy atom. The number of fused-ring (bicyclic) bond motifs is 1. The molecular weight excluding hydrogens is 220 g/mol. The van der Waals surface area contributed by atoms with Gasteiger partial charge in [-0.15, -0.1) is 0 Å². The van der Waals surface area contributed by atoms with Crippen molar-refractivity contribution in [1.82, 2.24) is 0 Å². The number of quaternary nitrogens is 2. The van der Waals surface area contributed by atoms with Gasteiger partial charge in [0.15, 0.2) is 0 Å². The predicted molar refractivity (Wildman–Crippen MR) is 74.2 cm³/mol. The second kappa shape index (κ2) is 5.41. The second-order valence-corrected chi connectivity index (χ2v) is 5.97. The Hall–Kier alpha value is -0.860. The van der Waals surface area contributed by atoms with Crippen molar-refractivity contribution in [2.75, 3.05) is 32.7 Å². The van der Waals surface area contributed by atoms with Gasteiger partial charge >= 0.3 is 0 Å². The normalized spacial score (nSPS) is 31.9. The number of benzene rings is 1. The molecule has 1 heterocycles. The number of piperazine rings is 1. The number of nitrogens with one attached hydrogen (secondary N) is 2. The molecule has 2 nitrogen and oxygen atoms in total. The van der Waals surface area contributed by atoms with E-state index in [2.05, 4.69) is 31.2 Å². The van der Waals surface area contributed by atoms with Crippen molar-refractivity contribution in [3.63, 3.8) is 0 Å². The number of rotatable bonds is 2. The molecule has 1 fully saturated rings. The van der Waals surface area contributed by atoms with Crippen LogP contribution >= 0.6 is 0 Å². The van der Waals surface area contributed by atoms with Crippen LogP contribution in [0.25, 0.3) is 0 Å². The molecule has 2 heteroatoms. The summed E-state index contributed by atoms with van der Waals surface area (Å²) >= 11 is 0. The third kappa shape index (κ3) is 2.45. The number of hydrogen-bond donors (Lipinski definition) is 2. The molecule has 1 saturated heterocycles. The fraction of sp³-hybridized carbons (Fsp3) is 0.625. The molecular formula is C16H26N2+2. The van der Waals surface area contributed by atoms with Crippen LogP contribution in [0.4, 0.5) is 0 Å². The van der Waals surface area contributed by atoms with E-state index in [0.717, 1.165) is 6.04 Å². The van der Waals surface area contributed by atoms with Crippen LogP contribution in [-0.2, 0) is 12.8 Å². The Labute approximate surface area is 111 Å². The summed E-state index contributed by atoms with van der Waals surface area (Å²) in [7, 11) is 0. The molecule has 1 aliphatic carbocycles. The Kier molecular flexibility index (Phi) is 3.67. The molecule has 1 aliphatic heterocycles. The average Bonchev–Trinajstić information content (AvgIpc) is 2.47. The SMILES string of the molecule is CC[NH+]1CC[NH+]([C@H]2CCc3ccccc3C2)CC1. The lowest BCUT2D eigenvalue weighted by atomic mass is 9.87. The fourth-order valence-electron chi connectivity index (χ4n) is 3.73. The molecule has 0 saturated carbocycles. The smallest absolute Gasteiger partial charge is 0.127 e. The minimum Gasteiger partial charge on any atom is -0.326 e. The third-order valence-corrected chi connectivity index (χ3v) is 5.02. The lowest BCUT2D eigenvalue weighted by molar-refractivity contribution is -1.02. The first-order chi connectivity index (χ1) is 8.86. The fourth-order valence-corrected chi connectivity index (χ4v) is 3.73. The lowest BCUT2D eigenvalue weighted by Crippen LogP contribution is -3.29. The molecule has 0 spiro atoms. The molecule has 2 aliphatic rings. The van der Waals surface area contributed by atoms with Crippen molar-refractivity contribution in [1.29, 1.82) is 0 Å². The highest BCUT2D eigenvalue weighted by molar-refractivity contribution is 5.29. The van der Waals surface area contributed by atoms with Crippen LogP contribution in [0.3, 0.4) is 0 Å². The Balaban J connectivity index is 1.63. The number of hydrogen-bond acceptors (Lipinski definition) is 0. The second-order valence-electron chi connectivity index (χ2n) is 5.97. The van der Waals surface area contributed by atoms with Crippen LogP contribution in [0.2, 0.25) is 0 Å². The maximum atomic E-state index is 2.34. The average molecular weight is 246 g/mol. The molecule has 0 unspecified atom stereocenters. The van der Waals surface area contributed by atoms with Crippen molar-refractivity contribution in [3.05, 3.63) is 35.4 Å². The van der Waals surface area contributed by atoms with Crippen molar-refractivity contribution in [2.45, 2.75) is 32.2 Å². The summed E-state index contributed by atoms with van der Waals surface area (Å²) in [4.78, 5) is 3.68. The van der Waals surface area contributed by atoms with Gasteiger partial charge in [0.25, 0.3) is 0 Å². The maximum absolute atomic E-state index is 2.34. The van der Waals surface area contributed by atoms with Crippen LogP contribution < -0.4 is 9.80 Å². The van der Waals surface area contributed by atoms with Crippen LogP contribution in [-0.4, -0.2) is 38.8 Å². The minimum absolute atomic E-state index is 0.887. The van der Waals surface area contributed by atoms with Crippen molar-refractivity contribution in [3.8, 4) is 0 Å². The summed E-state index contributed by atoms with van der Waals surface area (Å²) < 4.78 is 0. The molecule has 1 atom stereocenters. The standard InChI is InChI=1S/C16H24N2/c1-2-17-9-11-18(12-10-17)16-8-7-14-5-3-4-6-15(14)13-16/h3-6,16H,2,7-13H2,1H3/p+2/t16-/m0/s1. The number of likely N-dealkylation sites (N-methyl/N-ethyl adjacent to an activating group) is 1. The van der Waals surface area contributed by atoms with Crippen LogP contribution in [0.5, 0.6) is 0 Å². The van der Waals surface area contributed by atoms with E-state index in [9.17, 15) is 0 Å². The highest BCUT2D eigenvalue weighted by atomic mass is 15.3. The molecule has 0 radical (unpaired) electrons. The van der Waals surface area contributed by atoms with Gasteiger partial charge in [-0.3, -0.25) is 0 Å². The zero-order chi connectivity index (χ0) is 12.4. The van der Waals surface area contributed by atoms with Gasteiger partial charge in [-0.05, 0) is 24.5 Å². The van der Waals surface area contributed by atoms with Gasteiger partial charge in [0.2, 0.25) is 0 Å². The van der Waals surface area contributed by atoms with E-state index < -0.39 is 0 Å². The van der Waals surface area contributed by atoms with E-state index in [1.165, 1.54) is 52.0 Å². The van der Waals surface area contributed by atoms with Gasteiger partial charge in [0.1, 0.15) is 26.2 Å². The van der Waals surface area contributed by atoms with E-state index >= 15 is 0 Å². The molecule has 0 aromatic heterocycles. The van der Waals surface area contributed by atoms with Crippen molar-refractivity contribution in [2.24, 2.45) is 0 Å². The van der Waals surface area contributed by atoms with Crippen LogP contribution in [0.1, 0.15) is 24.5 Å². The van der Waals surface area contributed by atoms with Gasteiger partial charge in [0.05, 0.1) is 12.6 Å². The molecule has 3 rings (SSSR count). The Morgan fingerprint density at radius 3 is 2.50 bits per heavy atom. The molecule has 0 bridgehead atoms. The zero-order valence-electron chi connectivity index (χ0n) is 11.5. The summed E-state index contributed by atoms with van der Waals surface area (Å²) in [6, 6.07) is 9.94. The quantitative estimate of drug-likeness (QED) is 0.686. The van der Waals surface area contributed by atoms with Crippen LogP contribution in [0.15, 0.2) is 24.3 Å². The minimum atomic E-state index is 0.887. The topological polar surface area (TPSA) is 8.88 Å². The number of aryl methyl sites for hydroxylation is 1. The first-order valence-electron chi connectivity index (χ1n) is 7.61. The third-order valence-electron chi connectivity index (χ3n) is 5.02. The zero-order valence-corrected chi connectivity index (χ0v) is 11.5. The molecule has 98 valence electrons. The molecule has 18 heavy (non-hydrogen) atoms. The first-order valence-corrected chi connectivity index (χ1v) is 7.61.